The fourth-order valence-corrected chi connectivity index (χ4v) is 5.36. The molecule has 0 radical (unpaired) electrons. The van der Waals surface area contributed by atoms with Crippen LogP contribution in [0.25, 0.3) is 0 Å². The maximum atomic E-state index is 3.72. The van der Waals surface area contributed by atoms with Crippen molar-refractivity contribution < 1.29 is 0 Å². The quantitative estimate of drug-likeness (QED) is 0.402. The molecule has 0 spiro atoms. The van der Waals surface area contributed by atoms with Crippen molar-refractivity contribution in [3.63, 3.8) is 0 Å². The standard InChI is InChI=1S/C17H18Br2S/c18-13-17(14-19,15-7-3-1-4-8-15)11-12-20-16-9-5-2-6-10-16/h1-10H,11-14H2. The normalized spacial score (nSPS) is 11.5. The predicted molar refractivity (Wildman–Crippen MR) is 97.5 cm³/mol. The minimum absolute atomic E-state index is 0.170. The maximum absolute atomic E-state index is 3.72. The van der Waals surface area contributed by atoms with Crippen LogP contribution in [0, 0.1) is 0 Å². The van der Waals surface area contributed by atoms with Crippen LogP contribution in [0.4, 0.5) is 0 Å². The Hall–Kier alpha value is -0.250. The van der Waals surface area contributed by atoms with E-state index in [2.05, 4.69) is 92.5 Å². The summed E-state index contributed by atoms with van der Waals surface area (Å²) in [7, 11) is 0. The van der Waals surface area contributed by atoms with Gasteiger partial charge in [-0.05, 0) is 29.9 Å². The van der Waals surface area contributed by atoms with E-state index in [9.17, 15) is 0 Å². The van der Waals surface area contributed by atoms with Gasteiger partial charge in [0.2, 0.25) is 0 Å². The first-order valence-corrected chi connectivity index (χ1v) is 9.89. The number of hydrogen-bond donors (Lipinski definition) is 0. The van der Waals surface area contributed by atoms with E-state index in [-0.39, 0.29) is 5.41 Å². The molecule has 0 amide bonds. The molecule has 0 saturated heterocycles. The van der Waals surface area contributed by atoms with Gasteiger partial charge in [0, 0.05) is 21.0 Å². The topological polar surface area (TPSA) is 0 Å². The van der Waals surface area contributed by atoms with Gasteiger partial charge in [-0.25, -0.2) is 0 Å². The van der Waals surface area contributed by atoms with E-state index in [1.165, 1.54) is 10.5 Å². The van der Waals surface area contributed by atoms with E-state index in [1.54, 1.807) is 0 Å². The minimum atomic E-state index is 0.170. The zero-order chi connectivity index (χ0) is 14.3. The highest BCUT2D eigenvalue weighted by Gasteiger charge is 2.29. The number of halogens is 2. The van der Waals surface area contributed by atoms with Gasteiger partial charge < -0.3 is 0 Å². The first-order valence-electron chi connectivity index (χ1n) is 6.66. The van der Waals surface area contributed by atoms with Gasteiger partial charge >= 0.3 is 0 Å². The number of hydrogen-bond acceptors (Lipinski definition) is 1. The summed E-state index contributed by atoms with van der Waals surface area (Å²) >= 11 is 9.37. The molecule has 2 aromatic carbocycles. The Labute approximate surface area is 142 Å². The van der Waals surface area contributed by atoms with Crippen molar-refractivity contribution in [2.45, 2.75) is 16.7 Å². The fraction of sp³-hybridized carbons (Fsp3) is 0.294. The molecule has 0 unspecified atom stereocenters. The SMILES string of the molecule is BrCC(CBr)(CCSc1ccccc1)c1ccccc1. The van der Waals surface area contributed by atoms with Gasteiger partial charge in [0.15, 0.2) is 0 Å². The Balaban J connectivity index is 2.03. The van der Waals surface area contributed by atoms with Crippen LogP contribution in [-0.2, 0) is 5.41 Å². The highest BCUT2D eigenvalue weighted by Crippen LogP contribution is 2.34. The molecule has 0 aliphatic rings. The zero-order valence-corrected chi connectivity index (χ0v) is 15.3. The number of alkyl halides is 2. The lowest BCUT2D eigenvalue weighted by Gasteiger charge is -2.30. The van der Waals surface area contributed by atoms with Crippen molar-refractivity contribution in [2.24, 2.45) is 0 Å². The molecule has 0 aromatic heterocycles. The predicted octanol–water partition coefficient (Wildman–Crippen LogP) is 5.90. The molecule has 106 valence electrons. The molecule has 2 aromatic rings. The van der Waals surface area contributed by atoms with Gasteiger partial charge in [-0.2, -0.15) is 0 Å². The molecule has 3 heteroatoms. The van der Waals surface area contributed by atoms with Gasteiger partial charge in [-0.15, -0.1) is 11.8 Å². The lowest BCUT2D eigenvalue weighted by molar-refractivity contribution is 0.539. The van der Waals surface area contributed by atoms with Crippen LogP contribution < -0.4 is 0 Å². The highest BCUT2D eigenvalue weighted by molar-refractivity contribution is 9.09. The van der Waals surface area contributed by atoms with Gasteiger partial charge in [0.05, 0.1) is 0 Å². The third-order valence-electron chi connectivity index (χ3n) is 3.49. The Bertz CT molecular complexity index is 495. The first-order chi connectivity index (χ1) is 9.80. The third kappa shape index (κ3) is 4.12. The number of thioether (sulfide) groups is 1. The molecule has 0 aliphatic carbocycles. The second-order valence-electron chi connectivity index (χ2n) is 4.83. The average Bonchev–Trinajstić information content (AvgIpc) is 2.54. The second-order valence-corrected chi connectivity index (χ2v) is 7.11. The van der Waals surface area contributed by atoms with Gasteiger partial charge in [-0.1, -0.05) is 80.4 Å². The van der Waals surface area contributed by atoms with Crippen molar-refractivity contribution in [2.75, 3.05) is 16.4 Å². The molecule has 0 atom stereocenters. The van der Waals surface area contributed by atoms with Crippen LogP contribution in [0.1, 0.15) is 12.0 Å². The van der Waals surface area contributed by atoms with Crippen LogP contribution in [0.15, 0.2) is 65.6 Å². The summed E-state index contributed by atoms with van der Waals surface area (Å²) < 4.78 is 0. The van der Waals surface area contributed by atoms with Crippen LogP contribution in [-0.4, -0.2) is 16.4 Å². The zero-order valence-electron chi connectivity index (χ0n) is 11.3. The molecular weight excluding hydrogens is 396 g/mol. The first kappa shape index (κ1) is 16.1. The number of benzene rings is 2. The van der Waals surface area contributed by atoms with Crippen LogP contribution in [0.3, 0.4) is 0 Å². The summed E-state index contributed by atoms with van der Waals surface area (Å²) in [6.45, 7) is 0. The van der Waals surface area contributed by atoms with Crippen molar-refractivity contribution >= 4 is 43.6 Å². The Morgan fingerprint density at radius 1 is 0.800 bits per heavy atom. The van der Waals surface area contributed by atoms with Gasteiger partial charge in [0.25, 0.3) is 0 Å². The molecule has 20 heavy (non-hydrogen) atoms. The molecule has 2 rings (SSSR count). The van der Waals surface area contributed by atoms with Crippen LogP contribution in [0.2, 0.25) is 0 Å². The minimum Gasteiger partial charge on any atom is -0.126 e. The average molecular weight is 414 g/mol. The van der Waals surface area contributed by atoms with Crippen LogP contribution >= 0.6 is 43.6 Å². The summed E-state index contributed by atoms with van der Waals surface area (Å²) in [5.41, 5.74) is 1.57. The van der Waals surface area contributed by atoms with Crippen LogP contribution in [0.5, 0.6) is 0 Å². The highest BCUT2D eigenvalue weighted by atomic mass is 79.9. The second kappa shape index (κ2) is 8.26. The van der Waals surface area contributed by atoms with E-state index in [4.69, 9.17) is 0 Å². The summed E-state index contributed by atoms with van der Waals surface area (Å²) in [5.74, 6) is 1.12. The molecule has 0 heterocycles. The lowest BCUT2D eigenvalue weighted by atomic mass is 9.82. The van der Waals surface area contributed by atoms with E-state index in [1.807, 2.05) is 11.8 Å². The summed E-state index contributed by atoms with van der Waals surface area (Å²) in [4.78, 5) is 1.35. The third-order valence-corrected chi connectivity index (χ3v) is 6.65. The van der Waals surface area contributed by atoms with Gasteiger partial charge in [-0.3, -0.25) is 0 Å². The molecule has 0 bridgehead atoms. The Morgan fingerprint density at radius 2 is 1.35 bits per heavy atom. The Morgan fingerprint density at radius 3 is 1.90 bits per heavy atom. The summed E-state index contributed by atoms with van der Waals surface area (Å²) in [6.07, 6.45) is 1.15. The van der Waals surface area contributed by atoms with E-state index >= 15 is 0 Å². The monoisotopic (exact) mass is 412 g/mol. The van der Waals surface area contributed by atoms with Crippen molar-refractivity contribution in [3.05, 3.63) is 66.2 Å². The smallest absolute Gasteiger partial charge is 0.0155 e. The van der Waals surface area contributed by atoms with E-state index in [0.717, 1.165) is 22.8 Å². The lowest BCUT2D eigenvalue weighted by Crippen LogP contribution is -2.31. The van der Waals surface area contributed by atoms with Crippen molar-refractivity contribution in [1.29, 1.82) is 0 Å². The molecule has 0 aliphatic heterocycles. The number of rotatable bonds is 7. The molecular formula is C17H18Br2S. The fourth-order valence-electron chi connectivity index (χ4n) is 2.14. The molecule has 0 N–H and O–H groups in total. The molecule has 0 fully saturated rings. The van der Waals surface area contributed by atoms with Crippen molar-refractivity contribution in [1.82, 2.24) is 0 Å². The molecule has 0 nitrogen and oxygen atoms in total. The molecule has 0 saturated carbocycles. The van der Waals surface area contributed by atoms with Gasteiger partial charge in [0.1, 0.15) is 0 Å². The Kier molecular flexibility index (Phi) is 6.66. The summed E-state index contributed by atoms with van der Waals surface area (Å²) in [5, 5.41) is 1.95. The maximum Gasteiger partial charge on any atom is 0.0155 e. The van der Waals surface area contributed by atoms with Crippen molar-refractivity contribution in [3.8, 4) is 0 Å². The largest absolute Gasteiger partial charge is 0.126 e. The van der Waals surface area contributed by atoms with E-state index < -0.39 is 0 Å². The van der Waals surface area contributed by atoms with E-state index in [0.29, 0.717) is 0 Å². The summed E-state index contributed by atoms with van der Waals surface area (Å²) in [6, 6.07) is 21.4.